The molecular formula is C22H27N3O3. The van der Waals surface area contributed by atoms with E-state index in [2.05, 4.69) is 15.5 Å². The van der Waals surface area contributed by atoms with Gasteiger partial charge in [0.15, 0.2) is 0 Å². The topological polar surface area (TPSA) is 70.7 Å². The van der Waals surface area contributed by atoms with E-state index in [0.29, 0.717) is 36.8 Å². The number of hydrogen-bond acceptors (Lipinski definition) is 4. The normalized spacial score (nSPS) is 14.0. The minimum atomic E-state index is -0.199. The van der Waals surface area contributed by atoms with Gasteiger partial charge in [-0.3, -0.25) is 9.59 Å². The van der Waals surface area contributed by atoms with E-state index in [9.17, 15) is 9.59 Å². The molecule has 2 aromatic carbocycles. The van der Waals surface area contributed by atoms with E-state index in [1.807, 2.05) is 38.1 Å². The molecule has 0 aliphatic carbocycles. The van der Waals surface area contributed by atoms with Crippen LogP contribution in [0.3, 0.4) is 0 Å². The maximum absolute atomic E-state index is 12.7. The Bertz CT molecular complexity index is 812. The Morgan fingerprint density at radius 1 is 0.964 bits per heavy atom. The molecule has 148 valence electrons. The van der Waals surface area contributed by atoms with Crippen LogP contribution in [-0.2, 0) is 4.74 Å². The van der Waals surface area contributed by atoms with Crippen molar-refractivity contribution in [1.29, 1.82) is 0 Å². The van der Waals surface area contributed by atoms with Crippen LogP contribution in [0.5, 0.6) is 0 Å². The van der Waals surface area contributed by atoms with E-state index in [-0.39, 0.29) is 11.8 Å². The molecule has 28 heavy (non-hydrogen) atoms. The Labute approximate surface area is 165 Å². The number of hydrogen-bond donors (Lipinski definition) is 2. The van der Waals surface area contributed by atoms with E-state index in [4.69, 9.17) is 4.74 Å². The lowest BCUT2D eigenvalue weighted by Gasteiger charge is -2.30. The number of nitrogens with zero attached hydrogens (tertiary/aromatic N) is 1. The molecule has 2 aromatic rings. The summed E-state index contributed by atoms with van der Waals surface area (Å²) in [5.41, 5.74) is 2.82. The largest absolute Gasteiger partial charge is 0.378 e. The summed E-state index contributed by atoms with van der Waals surface area (Å²) >= 11 is 0. The van der Waals surface area contributed by atoms with Crippen LogP contribution >= 0.6 is 0 Å². The summed E-state index contributed by atoms with van der Waals surface area (Å²) in [6, 6.07) is 14.5. The average Bonchev–Trinajstić information content (AvgIpc) is 2.73. The number of nitrogens with one attached hydrogen (secondary N) is 2. The first kappa shape index (κ1) is 19.9. The van der Waals surface area contributed by atoms with Crippen LogP contribution in [0.25, 0.3) is 0 Å². The van der Waals surface area contributed by atoms with Crippen molar-refractivity contribution in [1.82, 2.24) is 5.32 Å². The van der Waals surface area contributed by atoms with Gasteiger partial charge < -0.3 is 20.3 Å². The summed E-state index contributed by atoms with van der Waals surface area (Å²) in [7, 11) is 0. The number of morpholine rings is 1. The van der Waals surface area contributed by atoms with E-state index in [0.717, 1.165) is 24.5 Å². The van der Waals surface area contributed by atoms with Gasteiger partial charge in [-0.25, -0.2) is 0 Å². The van der Waals surface area contributed by atoms with Crippen LogP contribution in [-0.4, -0.2) is 44.7 Å². The predicted octanol–water partition coefficient (Wildman–Crippen LogP) is 3.16. The number of amides is 2. The third-order valence-corrected chi connectivity index (χ3v) is 4.58. The minimum absolute atomic E-state index is 0.127. The van der Waals surface area contributed by atoms with Gasteiger partial charge in [0.25, 0.3) is 11.8 Å². The van der Waals surface area contributed by atoms with Crippen LogP contribution in [0.4, 0.5) is 11.4 Å². The molecule has 0 saturated carbocycles. The number of carbonyl (C=O) groups is 2. The van der Waals surface area contributed by atoms with Crippen molar-refractivity contribution in [3.05, 3.63) is 59.7 Å². The lowest BCUT2D eigenvalue weighted by atomic mass is 10.1. The molecular weight excluding hydrogens is 354 g/mol. The molecule has 0 radical (unpaired) electrons. The zero-order valence-electron chi connectivity index (χ0n) is 16.4. The van der Waals surface area contributed by atoms with E-state index < -0.39 is 0 Å². The van der Waals surface area contributed by atoms with Gasteiger partial charge in [0.2, 0.25) is 0 Å². The number of ether oxygens (including phenoxy) is 1. The molecule has 1 heterocycles. The Balaban J connectivity index is 1.67. The molecule has 1 aliphatic heterocycles. The number of para-hydroxylation sites is 2. The number of rotatable bonds is 6. The van der Waals surface area contributed by atoms with Crippen molar-refractivity contribution in [3.63, 3.8) is 0 Å². The van der Waals surface area contributed by atoms with Crippen molar-refractivity contribution in [2.75, 3.05) is 43.1 Å². The van der Waals surface area contributed by atoms with Gasteiger partial charge in [-0.1, -0.05) is 26.0 Å². The average molecular weight is 381 g/mol. The maximum Gasteiger partial charge on any atom is 0.255 e. The third kappa shape index (κ3) is 5.10. The Hall–Kier alpha value is -2.86. The summed E-state index contributed by atoms with van der Waals surface area (Å²) in [6.07, 6.45) is 0. The zero-order chi connectivity index (χ0) is 19.9. The fourth-order valence-electron chi connectivity index (χ4n) is 3.03. The van der Waals surface area contributed by atoms with Crippen molar-refractivity contribution in [2.45, 2.75) is 13.8 Å². The van der Waals surface area contributed by atoms with Gasteiger partial charge in [-0.2, -0.15) is 0 Å². The summed E-state index contributed by atoms with van der Waals surface area (Å²) < 4.78 is 5.41. The highest BCUT2D eigenvalue weighted by molar-refractivity contribution is 6.06. The fraction of sp³-hybridized carbons (Fsp3) is 0.364. The zero-order valence-corrected chi connectivity index (χ0v) is 16.4. The second-order valence-corrected chi connectivity index (χ2v) is 7.25. The molecule has 2 amide bonds. The predicted molar refractivity (Wildman–Crippen MR) is 111 cm³/mol. The van der Waals surface area contributed by atoms with Gasteiger partial charge in [-0.15, -0.1) is 0 Å². The van der Waals surface area contributed by atoms with Crippen LogP contribution in [0.2, 0.25) is 0 Å². The molecule has 2 N–H and O–H groups in total. The fourth-order valence-corrected chi connectivity index (χ4v) is 3.03. The Morgan fingerprint density at radius 3 is 2.21 bits per heavy atom. The molecule has 6 nitrogen and oxygen atoms in total. The van der Waals surface area contributed by atoms with Gasteiger partial charge in [0.1, 0.15) is 0 Å². The molecule has 6 heteroatoms. The minimum Gasteiger partial charge on any atom is -0.378 e. The van der Waals surface area contributed by atoms with Crippen molar-refractivity contribution >= 4 is 23.2 Å². The van der Waals surface area contributed by atoms with Crippen LogP contribution < -0.4 is 15.5 Å². The van der Waals surface area contributed by atoms with E-state index in [1.165, 1.54) is 0 Å². The molecule has 3 rings (SSSR count). The summed E-state index contributed by atoms with van der Waals surface area (Å²) in [4.78, 5) is 27.0. The second kappa shape index (κ2) is 9.37. The van der Waals surface area contributed by atoms with Crippen LogP contribution in [0, 0.1) is 5.92 Å². The molecule has 0 unspecified atom stereocenters. The summed E-state index contributed by atoms with van der Waals surface area (Å²) in [6.45, 7) is 7.68. The Kier molecular flexibility index (Phi) is 6.66. The molecule has 0 spiro atoms. The van der Waals surface area contributed by atoms with Crippen molar-refractivity contribution < 1.29 is 14.3 Å². The first-order valence-corrected chi connectivity index (χ1v) is 9.66. The van der Waals surface area contributed by atoms with Crippen LogP contribution in [0.1, 0.15) is 34.6 Å². The standard InChI is InChI=1S/C22H27N3O3/c1-16(2)15-23-21(26)17-7-9-18(10-8-17)22(27)24-19-5-3-4-6-20(19)25-11-13-28-14-12-25/h3-10,16H,11-15H2,1-2H3,(H,23,26)(H,24,27). The number of benzene rings is 2. The highest BCUT2D eigenvalue weighted by atomic mass is 16.5. The van der Waals surface area contributed by atoms with E-state index in [1.54, 1.807) is 24.3 Å². The number of anilines is 2. The number of carbonyl (C=O) groups excluding carboxylic acids is 2. The third-order valence-electron chi connectivity index (χ3n) is 4.58. The van der Waals surface area contributed by atoms with Gasteiger partial charge in [-0.05, 0) is 42.3 Å². The van der Waals surface area contributed by atoms with E-state index >= 15 is 0 Å². The molecule has 0 bridgehead atoms. The first-order chi connectivity index (χ1) is 13.5. The maximum atomic E-state index is 12.7. The summed E-state index contributed by atoms with van der Waals surface area (Å²) in [5.74, 6) is 0.0636. The second-order valence-electron chi connectivity index (χ2n) is 7.25. The molecule has 0 aromatic heterocycles. The lowest BCUT2D eigenvalue weighted by Crippen LogP contribution is -2.36. The van der Waals surface area contributed by atoms with Crippen LogP contribution in [0.15, 0.2) is 48.5 Å². The van der Waals surface area contributed by atoms with Crippen molar-refractivity contribution in [3.8, 4) is 0 Å². The molecule has 0 atom stereocenters. The molecule has 1 aliphatic rings. The molecule has 1 fully saturated rings. The lowest BCUT2D eigenvalue weighted by molar-refractivity contribution is 0.0947. The highest BCUT2D eigenvalue weighted by Gasteiger charge is 2.16. The summed E-state index contributed by atoms with van der Waals surface area (Å²) in [5, 5.41) is 5.87. The quantitative estimate of drug-likeness (QED) is 0.806. The SMILES string of the molecule is CC(C)CNC(=O)c1ccc(C(=O)Nc2ccccc2N2CCOCC2)cc1. The van der Waals surface area contributed by atoms with Crippen molar-refractivity contribution in [2.24, 2.45) is 5.92 Å². The van der Waals surface area contributed by atoms with Gasteiger partial charge in [0.05, 0.1) is 24.6 Å². The monoisotopic (exact) mass is 381 g/mol. The molecule has 1 saturated heterocycles. The van der Waals surface area contributed by atoms with Gasteiger partial charge in [0, 0.05) is 30.8 Å². The Morgan fingerprint density at radius 2 is 1.57 bits per heavy atom. The smallest absolute Gasteiger partial charge is 0.255 e. The van der Waals surface area contributed by atoms with Gasteiger partial charge >= 0.3 is 0 Å². The first-order valence-electron chi connectivity index (χ1n) is 9.66. The highest BCUT2D eigenvalue weighted by Crippen LogP contribution is 2.26.